The Morgan fingerprint density at radius 3 is 2.43 bits per heavy atom. The fraction of sp³-hybridized carbons (Fsp3) is 0.133. The second kappa shape index (κ2) is 6.51. The van der Waals surface area contributed by atoms with Gasteiger partial charge >= 0.3 is 11.8 Å². The Balaban J connectivity index is 1.95. The summed E-state index contributed by atoms with van der Waals surface area (Å²) in [6, 6.07) is 8.96. The van der Waals surface area contributed by atoms with Crippen LogP contribution in [0, 0.1) is 13.8 Å². The van der Waals surface area contributed by atoms with Crippen LogP contribution in [0.4, 0.5) is 5.69 Å². The number of para-hydroxylation sites is 1. The van der Waals surface area contributed by atoms with Gasteiger partial charge in [0.2, 0.25) is 0 Å². The van der Waals surface area contributed by atoms with E-state index < -0.39 is 11.8 Å². The molecule has 1 aromatic carbocycles. The molecule has 0 unspecified atom stereocenters. The molecule has 0 spiro atoms. The molecule has 0 saturated heterocycles. The number of nitrogens with one attached hydrogen (secondary N) is 2. The number of amides is 2. The van der Waals surface area contributed by atoms with E-state index in [2.05, 4.69) is 15.8 Å². The molecule has 2 amide bonds. The molecule has 0 radical (unpaired) electrons. The fourth-order valence-electron chi connectivity index (χ4n) is 1.75. The molecule has 6 nitrogen and oxygen atoms in total. The normalized spacial score (nSPS) is 10.6. The number of rotatable bonds is 3. The minimum absolute atomic E-state index is 0.477. The summed E-state index contributed by atoms with van der Waals surface area (Å²) < 4.78 is 5.00. The second-order valence-electron chi connectivity index (χ2n) is 4.44. The van der Waals surface area contributed by atoms with Crippen molar-refractivity contribution in [2.24, 2.45) is 5.10 Å². The van der Waals surface area contributed by atoms with E-state index in [1.165, 1.54) is 12.5 Å². The van der Waals surface area contributed by atoms with Crippen LogP contribution in [0.2, 0.25) is 0 Å². The molecule has 21 heavy (non-hydrogen) atoms. The number of carbonyl (C=O) groups is 2. The Labute approximate surface area is 121 Å². The summed E-state index contributed by atoms with van der Waals surface area (Å²) in [6.45, 7) is 3.71. The van der Waals surface area contributed by atoms with Gasteiger partial charge in [0.15, 0.2) is 0 Å². The van der Waals surface area contributed by atoms with Gasteiger partial charge in [-0.1, -0.05) is 18.2 Å². The van der Waals surface area contributed by atoms with Crippen LogP contribution >= 0.6 is 0 Å². The Morgan fingerprint density at radius 2 is 1.81 bits per heavy atom. The van der Waals surface area contributed by atoms with Crippen molar-refractivity contribution in [2.45, 2.75) is 13.8 Å². The molecule has 0 aliphatic heterocycles. The molecule has 2 rings (SSSR count). The van der Waals surface area contributed by atoms with Crippen LogP contribution in [0.15, 0.2) is 46.1 Å². The molecule has 2 aromatic rings. The van der Waals surface area contributed by atoms with Gasteiger partial charge in [-0.15, -0.1) is 0 Å². The van der Waals surface area contributed by atoms with E-state index >= 15 is 0 Å². The predicted molar refractivity (Wildman–Crippen MR) is 79.0 cm³/mol. The smallest absolute Gasteiger partial charge is 0.329 e. The molecule has 0 aliphatic rings. The maximum atomic E-state index is 11.8. The van der Waals surface area contributed by atoms with Gasteiger partial charge in [0, 0.05) is 5.69 Å². The van der Waals surface area contributed by atoms with E-state index in [9.17, 15) is 9.59 Å². The van der Waals surface area contributed by atoms with E-state index in [-0.39, 0.29) is 0 Å². The molecule has 0 aliphatic carbocycles. The van der Waals surface area contributed by atoms with Crippen molar-refractivity contribution in [1.82, 2.24) is 5.43 Å². The Bertz CT molecular complexity index is 655. The Hall–Kier alpha value is -2.89. The number of hydrogen-bond acceptors (Lipinski definition) is 4. The number of hydrazone groups is 1. The van der Waals surface area contributed by atoms with Gasteiger partial charge in [-0.2, -0.15) is 5.10 Å². The van der Waals surface area contributed by atoms with Crippen LogP contribution < -0.4 is 10.7 Å². The van der Waals surface area contributed by atoms with Gasteiger partial charge in [0.25, 0.3) is 0 Å². The van der Waals surface area contributed by atoms with Crippen molar-refractivity contribution in [3.8, 4) is 0 Å². The quantitative estimate of drug-likeness (QED) is 0.514. The summed E-state index contributed by atoms with van der Waals surface area (Å²) in [6.07, 6.45) is 2.79. The molecule has 6 heteroatoms. The zero-order valence-electron chi connectivity index (χ0n) is 11.7. The molecule has 1 heterocycles. The van der Waals surface area contributed by atoms with Crippen LogP contribution in [-0.4, -0.2) is 18.0 Å². The minimum Gasteiger partial charge on any atom is -0.463 e. The lowest BCUT2D eigenvalue weighted by molar-refractivity contribution is -0.136. The number of nitrogens with zero attached hydrogens (tertiary/aromatic N) is 1. The van der Waals surface area contributed by atoms with Crippen LogP contribution in [-0.2, 0) is 9.59 Å². The van der Waals surface area contributed by atoms with Gasteiger partial charge in [-0.05, 0) is 37.1 Å². The van der Waals surface area contributed by atoms with Crippen LogP contribution in [0.25, 0.3) is 0 Å². The number of hydrogen-bond donors (Lipinski definition) is 2. The summed E-state index contributed by atoms with van der Waals surface area (Å²) >= 11 is 0. The first kappa shape index (κ1) is 14.5. The molecule has 108 valence electrons. The number of aryl methyl sites for hydroxylation is 2. The monoisotopic (exact) mass is 285 g/mol. The first-order chi connectivity index (χ1) is 10.1. The molecule has 0 bridgehead atoms. The zero-order chi connectivity index (χ0) is 15.2. The molecule has 0 saturated carbocycles. The number of benzene rings is 1. The second-order valence-corrected chi connectivity index (χ2v) is 4.44. The first-order valence-electron chi connectivity index (χ1n) is 6.32. The van der Waals surface area contributed by atoms with Crippen molar-refractivity contribution in [1.29, 1.82) is 0 Å². The minimum atomic E-state index is -0.847. The van der Waals surface area contributed by atoms with Gasteiger partial charge in [0.1, 0.15) is 5.76 Å². The third-order valence-electron chi connectivity index (χ3n) is 2.83. The fourth-order valence-corrected chi connectivity index (χ4v) is 1.75. The lowest BCUT2D eigenvalue weighted by Gasteiger charge is -2.10. The highest BCUT2D eigenvalue weighted by Gasteiger charge is 2.14. The van der Waals surface area contributed by atoms with Gasteiger partial charge < -0.3 is 9.73 Å². The predicted octanol–water partition coefficient (Wildman–Crippen LogP) is 1.99. The highest BCUT2D eigenvalue weighted by atomic mass is 16.3. The number of furan rings is 1. The van der Waals surface area contributed by atoms with E-state index in [0.29, 0.717) is 11.4 Å². The average molecular weight is 285 g/mol. The molecule has 0 fully saturated rings. The molecule has 1 aromatic heterocycles. The average Bonchev–Trinajstić information content (AvgIpc) is 2.96. The maximum Gasteiger partial charge on any atom is 0.329 e. The molecular formula is C15H15N3O3. The van der Waals surface area contributed by atoms with E-state index in [4.69, 9.17) is 4.42 Å². The summed E-state index contributed by atoms with van der Waals surface area (Å²) in [4.78, 5) is 23.4. The lowest BCUT2D eigenvalue weighted by atomic mass is 10.1. The summed E-state index contributed by atoms with van der Waals surface area (Å²) in [5, 5.41) is 6.22. The van der Waals surface area contributed by atoms with Crippen LogP contribution in [0.1, 0.15) is 16.9 Å². The third kappa shape index (κ3) is 3.79. The summed E-state index contributed by atoms with van der Waals surface area (Å²) in [5.74, 6) is -1.14. The number of carbonyl (C=O) groups excluding carboxylic acids is 2. The zero-order valence-corrected chi connectivity index (χ0v) is 11.7. The van der Waals surface area contributed by atoms with Gasteiger partial charge in [-0.3, -0.25) is 9.59 Å². The first-order valence-corrected chi connectivity index (χ1v) is 6.32. The van der Waals surface area contributed by atoms with Crippen molar-refractivity contribution >= 4 is 23.7 Å². The Kier molecular flexibility index (Phi) is 4.50. The molecule has 2 N–H and O–H groups in total. The van der Waals surface area contributed by atoms with Gasteiger partial charge in [0.05, 0.1) is 12.5 Å². The van der Waals surface area contributed by atoms with Crippen molar-refractivity contribution < 1.29 is 14.0 Å². The van der Waals surface area contributed by atoms with E-state index in [1.807, 2.05) is 32.0 Å². The third-order valence-corrected chi connectivity index (χ3v) is 2.83. The highest BCUT2D eigenvalue weighted by molar-refractivity contribution is 6.39. The highest BCUT2D eigenvalue weighted by Crippen LogP contribution is 2.19. The van der Waals surface area contributed by atoms with E-state index in [1.54, 1.807) is 12.1 Å². The Morgan fingerprint density at radius 1 is 1.10 bits per heavy atom. The van der Waals surface area contributed by atoms with Crippen LogP contribution in [0.5, 0.6) is 0 Å². The van der Waals surface area contributed by atoms with Crippen molar-refractivity contribution in [3.05, 3.63) is 53.5 Å². The maximum absolute atomic E-state index is 11.8. The summed E-state index contributed by atoms with van der Waals surface area (Å²) in [5.41, 5.74) is 4.54. The SMILES string of the molecule is Cc1cccc(C)c1NC(=O)C(=O)N/N=C\c1ccco1. The van der Waals surface area contributed by atoms with Gasteiger partial charge in [-0.25, -0.2) is 5.43 Å². The molecular weight excluding hydrogens is 270 g/mol. The lowest BCUT2D eigenvalue weighted by Crippen LogP contribution is -2.32. The van der Waals surface area contributed by atoms with Crippen molar-refractivity contribution in [2.75, 3.05) is 5.32 Å². The summed E-state index contributed by atoms with van der Waals surface area (Å²) in [7, 11) is 0. The van der Waals surface area contributed by atoms with Crippen LogP contribution in [0.3, 0.4) is 0 Å². The number of anilines is 1. The standard InChI is InChI=1S/C15H15N3O3/c1-10-5-3-6-11(2)13(10)17-14(19)15(20)18-16-9-12-7-4-8-21-12/h3-9H,1-2H3,(H,17,19)(H,18,20)/b16-9-. The van der Waals surface area contributed by atoms with Crippen molar-refractivity contribution in [3.63, 3.8) is 0 Å². The van der Waals surface area contributed by atoms with E-state index in [0.717, 1.165) is 11.1 Å². The molecule has 0 atom stereocenters. The topological polar surface area (TPSA) is 83.7 Å². The largest absolute Gasteiger partial charge is 0.463 e.